The first-order valence-corrected chi connectivity index (χ1v) is 8.27. The lowest BCUT2D eigenvalue weighted by Gasteiger charge is -2.49. The monoisotopic (exact) mass is 248 g/mol. The lowest BCUT2D eigenvalue weighted by Crippen LogP contribution is -2.65. The Labute approximate surface area is 111 Å². The Morgan fingerprint density at radius 2 is 1.94 bits per heavy atom. The van der Waals surface area contributed by atoms with Crippen LogP contribution >= 0.6 is 0 Å². The number of hydrogen-bond acceptors (Lipinski definition) is 2. The fourth-order valence-electron chi connectivity index (χ4n) is 5.49. The van der Waals surface area contributed by atoms with Crippen LogP contribution in [0, 0.1) is 11.8 Å². The lowest BCUT2D eigenvalue weighted by atomic mass is 9.87. The van der Waals surface area contributed by atoms with Gasteiger partial charge in [-0.3, -0.25) is 4.90 Å². The molecule has 1 aliphatic heterocycles. The number of hydrogen-bond donors (Lipinski definition) is 1. The second kappa shape index (κ2) is 4.21. The second-order valence-corrected chi connectivity index (χ2v) is 7.63. The summed E-state index contributed by atoms with van der Waals surface area (Å²) in [5.74, 6) is 2.13. The van der Waals surface area contributed by atoms with Crippen molar-refractivity contribution in [3.63, 3.8) is 0 Å². The quantitative estimate of drug-likeness (QED) is 0.767. The average Bonchev–Trinajstić information content (AvgIpc) is 3.09. The van der Waals surface area contributed by atoms with Crippen molar-refractivity contribution >= 4 is 0 Å². The highest BCUT2D eigenvalue weighted by atomic mass is 15.3. The predicted molar refractivity (Wildman–Crippen MR) is 74.6 cm³/mol. The molecule has 0 radical (unpaired) electrons. The fourth-order valence-corrected chi connectivity index (χ4v) is 5.49. The molecule has 18 heavy (non-hydrogen) atoms. The van der Waals surface area contributed by atoms with E-state index in [0.29, 0.717) is 5.54 Å². The molecule has 1 heterocycles. The highest BCUT2D eigenvalue weighted by Crippen LogP contribution is 2.48. The van der Waals surface area contributed by atoms with Crippen LogP contribution in [0.2, 0.25) is 0 Å². The third kappa shape index (κ3) is 1.76. The summed E-state index contributed by atoms with van der Waals surface area (Å²) >= 11 is 0. The van der Waals surface area contributed by atoms with Gasteiger partial charge < -0.3 is 5.32 Å². The molecule has 2 bridgehead atoms. The number of nitrogens with zero attached hydrogens (tertiary/aromatic N) is 1. The van der Waals surface area contributed by atoms with Crippen LogP contribution in [0.15, 0.2) is 0 Å². The van der Waals surface area contributed by atoms with Gasteiger partial charge in [0.2, 0.25) is 0 Å². The maximum Gasteiger partial charge on any atom is 0.0309 e. The molecule has 1 spiro atoms. The van der Waals surface area contributed by atoms with Gasteiger partial charge in [0, 0.05) is 30.7 Å². The zero-order valence-electron chi connectivity index (χ0n) is 11.8. The molecule has 4 atom stereocenters. The first kappa shape index (κ1) is 11.7. The van der Waals surface area contributed by atoms with Crippen LogP contribution in [0.3, 0.4) is 0 Å². The SMILES string of the molecule is CC1CNC2(CCCC2)CN1C1CC2CCC1C2. The number of fused-ring (bicyclic) bond motifs is 2. The largest absolute Gasteiger partial charge is 0.308 e. The maximum atomic E-state index is 3.90. The van der Waals surface area contributed by atoms with Crippen LogP contribution in [0.25, 0.3) is 0 Å². The Balaban J connectivity index is 1.52. The zero-order chi connectivity index (χ0) is 12.2. The van der Waals surface area contributed by atoms with Crippen molar-refractivity contribution in [2.75, 3.05) is 13.1 Å². The fraction of sp³-hybridized carbons (Fsp3) is 1.00. The van der Waals surface area contributed by atoms with Crippen LogP contribution in [0.5, 0.6) is 0 Å². The van der Waals surface area contributed by atoms with Crippen molar-refractivity contribution in [2.24, 2.45) is 11.8 Å². The third-order valence-electron chi connectivity index (χ3n) is 6.51. The van der Waals surface area contributed by atoms with Crippen molar-refractivity contribution < 1.29 is 0 Å². The van der Waals surface area contributed by atoms with Gasteiger partial charge in [-0.1, -0.05) is 19.3 Å². The molecule has 0 amide bonds. The van der Waals surface area contributed by atoms with E-state index in [9.17, 15) is 0 Å². The van der Waals surface area contributed by atoms with Gasteiger partial charge in [-0.2, -0.15) is 0 Å². The average molecular weight is 248 g/mol. The summed E-state index contributed by atoms with van der Waals surface area (Å²) in [6, 6.07) is 1.71. The Morgan fingerprint density at radius 3 is 2.61 bits per heavy atom. The minimum absolute atomic E-state index is 0.508. The normalized spacial score (nSPS) is 47.2. The minimum Gasteiger partial charge on any atom is -0.308 e. The summed E-state index contributed by atoms with van der Waals surface area (Å²) < 4.78 is 0. The lowest BCUT2D eigenvalue weighted by molar-refractivity contribution is 0.0284. The van der Waals surface area contributed by atoms with Gasteiger partial charge in [0.15, 0.2) is 0 Å². The molecule has 4 fully saturated rings. The molecule has 2 nitrogen and oxygen atoms in total. The van der Waals surface area contributed by atoms with E-state index in [1.165, 1.54) is 58.0 Å². The summed E-state index contributed by atoms with van der Waals surface area (Å²) in [4.78, 5) is 2.92. The molecule has 0 aromatic carbocycles. The topological polar surface area (TPSA) is 15.3 Å². The first-order chi connectivity index (χ1) is 8.76. The maximum absolute atomic E-state index is 3.90. The van der Waals surface area contributed by atoms with Gasteiger partial charge in [0.05, 0.1) is 0 Å². The van der Waals surface area contributed by atoms with E-state index in [-0.39, 0.29) is 0 Å². The van der Waals surface area contributed by atoms with Gasteiger partial charge >= 0.3 is 0 Å². The van der Waals surface area contributed by atoms with E-state index < -0.39 is 0 Å². The van der Waals surface area contributed by atoms with Crippen molar-refractivity contribution in [2.45, 2.75) is 75.9 Å². The summed E-state index contributed by atoms with van der Waals surface area (Å²) in [7, 11) is 0. The Hall–Kier alpha value is -0.0800. The van der Waals surface area contributed by atoms with Gasteiger partial charge in [-0.05, 0) is 50.9 Å². The molecule has 1 saturated heterocycles. The zero-order valence-corrected chi connectivity index (χ0v) is 11.8. The molecule has 0 aromatic rings. The Kier molecular flexibility index (Phi) is 2.74. The number of piperazine rings is 1. The highest BCUT2D eigenvalue weighted by molar-refractivity contribution is 5.05. The molecule has 4 unspecified atom stereocenters. The molecule has 3 saturated carbocycles. The van der Waals surface area contributed by atoms with E-state index >= 15 is 0 Å². The smallest absolute Gasteiger partial charge is 0.0309 e. The minimum atomic E-state index is 0.508. The molecular weight excluding hydrogens is 220 g/mol. The summed E-state index contributed by atoms with van der Waals surface area (Å²) in [5, 5.41) is 3.90. The van der Waals surface area contributed by atoms with Crippen molar-refractivity contribution in [3.05, 3.63) is 0 Å². The first-order valence-electron chi connectivity index (χ1n) is 8.27. The molecule has 1 N–H and O–H groups in total. The van der Waals surface area contributed by atoms with Crippen molar-refractivity contribution in [1.29, 1.82) is 0 Å². The van der Waals surface area contributed by atoms with Crippen LogP contribution < -0.4 is 5.32 Å². The van der Waals surface area contributed by atoms with Crippen molar-refractivity contribution in [1.82, 2.24) is 10.2 Å². The van der Waals surface area contributed by atoms with E-state index in [2.05, 4.69) is 17.1 Å². The molecule has 4 rings (SSSR count). The van der Waals surface area contributed by atoms with E-state index in [0.717, 1.165) is 23.9 Å². The molecule has 0 aromatic heterocycles. The van der Waals surface area contributed by atoms with Crippen LogP contribution in [-0.4, -0.2) is 35.6 Å². The highest BCUT2D eigenvalue weighted by Gasteiger charge is 2.48. The van der Waals surface area contributed by atoms with Gasteiger partial charge in [0.1, 0.15) is 0 Å². The van der Waals surface area contributed by atoms with Crippen LogP contribution in [-0.2, 0) is 0 Å². The summed E-state index contributed by atoms with van der Waals surface area (Å²) in [6.07, 6.45) is 11.9. The number of rotatable bonds is 1. The molecule has 3 aliphatic carbocycles. The summed E-state index contributed by atoms with van der Waals surface area (Å²) in [6.45, 7) is 5.02. The predicted octanol–water partition coefficient (Wildman–Crippen LogP) is 2.78. The number of nitrogens with one attached hydrogen (secondary N) is 1. The Morgan fingerprint density at radius 1 is 1.11 bits per heavy atom. The van der Waals surface area contributed by atoms with E-state index in [1.54, 1.807) is 6.42 Å². The van der Waals surface area contributed by atoms with Crippen LogP contribution in [0.1, 0.15) is 58.3 Å². The van der Waals surface area contributed by atoms with Gasteiger partial charge in [-0.25, -0.2) is 0 Å². The summed E-state index contributed by atoms with van der Waals surface area (Å²) in [5.41, 5.74) is 0.508. The molecular formula is C16H28N2. The molecule has 4 aliphatic rings. The van der Waals surface area contributed by atoms with Gasteiger partial charge in [0.25, 0.3) is 0 Å². The van der Waals surface area contributed by atoms with E-state index in [1.807, 2.05) is 0 Å². The second-order valence-electron chi connectivity index (χ2n) is 7.63. The standard InChI is InChI=1S/C16H28N2/c1-12-10-17-16(6-2-3-7-16)11-18(12)15-9-13-4-5-14(15)8-13/h12-15,17H,2-11H2,1H3. The molecule has 102 valence electrons. The molecule has 2 heteroatoms. The third-order valence-corrected chi connectivity index (χ3v) is 6.51. The van der Waals surface area contributed by atoms with Crippen molar-refractivity contribution in [3.8, 4) is 0 Å². The Bertz CT molecular complexity index is 321. The van der Waals surface area contributed by atoms with Crippen LogP contribution in [0.4, 0.5) is 0 Å². The van der Waals surface area contributed by atoms with Gasteiger partial charge in [-0.15, -0.1) is 0 Å². The van der Waals surface area contributed by atoms with E-state index in [4.69, 9.17) is 0 Å².